The molecule has 0 unspecified atom stereocenters. The van der Waals surface area contributed by atoms with Gasteiger partial charge in [0, 0.05) is 0 Å². The quantitative estimate of drug-likeness (QED) is 0.144. The Morgan fingerprint density at radius 3 is 2.37 bits per heavy atom. The highest BCUT2D eigenvalue weighted by Crippen LogP contribution is 2.36. The van der Waals surface area contributed by atoms with Crippen LogP contribution in [0.3, 0.4) is 0 Å². The summed E-state index contributed by atoms with van der Waals surface area (Å²) in [5, 5.41) is 13.6. The van der Waals surface area contributed by atoms with Crippen LogP contribution in [0.4, 0.5) is 9.39 Å². The molecule has 0 fully saturated rings. The van der Waals surface area contributed by atoms with Crippen LogP contribution in [-0.4, -0.2) is 64.1 Å². The molecule has 1 atom stereocenters. The SMILES string of the molecule is CCOC(=O)c1sc(NC(=O)[C@H](C)Sc2nnc(CNC(=O)c3ccccc3F)n2-c2ccccc2OC)c(C(=O)OCC)c1C. The molecule has 0 aliphatic carbocycles. The van der Waals surface area contributed by atoms with Crippen LogP contribution in [0.5, 0.6) is 5.75 Å². The van der Waals surface area contributed by atoms with E-state index in [2.05, 4.69) is 20.8 Å². The molecule has 15 heteroatoms. The van der Waals surface area contributed by atoms with Crippen molar-refractivity contribution in [3.8, 4) is 11.4 Å². The highest BCUT2D eigenvalue weighted by atomic mass is 32.2. The molecule has 0 saturated carbocycles. The predicted octanol–water partition coefficient (Wildman–Crippen LogP) is 5.19. The fraction of sp³-hybridized carbons (Fsp3) is 0.290. The number of thiophene rings is 1. The second-order valence-corrected chi connectivity index (χ2v) is 11.8. The van der Waals surface area contributed by atoms with E-state index in [1.54, 1.807) is 62.6 Å². The summed E-state index contributed by atoms with van der Waals surface area (Å²) in [5.41, 5.74) is 0.835. The number of esters is 2. The number of aromatic nitrogens is 3. The Balaban J connectivity index is 1.62. The minimum absolute atomic E-state index is 0.0746. The van der Waals surface area contributed by atoms with Crippen LogP contribution < -0.4 is 15.4 Å². The molecule has 0 aliphatic rings. The standard InChI is InChI=1S/C31H32FN5O7S2/c1-6-43-29(40)24-17(3)25(30(41)44-7-2)46-28(24)34-26(38)18(4)45-31-36-35-23(37(31)21-14-10-11-15-22(21)42-5)16-33-27(39)19-12-8-9-13-20(19)32/h8-15,18H,6-7,16H2,1-5H3,(H,33,39)(H,34,38)/t18-/m0/s1. The second kappa shape index (κ2) is 15.5. The minimum atomic E-state index is -0.790. The summed E-state index contributed by atoms with van der Waals surface area (Å²) >= 11 is 1.99. The van der Waals surface area contributed by atoms with Crippen molar-refractivity contribution in [2.45, 2.75) is 44.6 Å². The first-order valence-electron chi connectivity index (χ1n) is 14.2. The van der Waals surface area contributed by atoms with Crippen molar-refractivity contribution >= 4 is 51.9 Å². The van der Waals surface area contributed by atoms with Crippen LogP contribution in [0.2, 0.25) is 0 Å². The molecule has 0 aliphatic heterocycles. The molecule has 2 heterocycles. The lowest BCUT2D eigenvalue weighted by atomic mass is 10.1. The van der Waals surface area contributed by atoms with Gasteiger partial charge in [0.1, 0.15) is 21.4 Å². The van der Waals surface area contributed by atoms with Crippen molar-refractivity contribution in [3.63, 3.8) is 0 Å². The number of rotatable bonds is 13. The Morgan fingerprint density at radius 1 is 1.00 bits per heavy atom. The zero-order valence-corrected chi connectivity index (χ0v) is 27.3. The van der Waals surface area contributed by atoms with Crippen molar-refractivity contribution < 1.29 is 37.8 Å². The van der Waals surface area contributed by atoms with E-state index in [0.717, 1.165) is 23.1 Å². The van der Waals surface area contributed by atoms with E-state index in [1.165, 1.54) is 25.3 Å². The van der Waals surface area contributed by atoms with Gasteiger partial charge in [0.2, 0.25) is 5.91 Å². The largest absolute Gasteiger partial charge is 0.495 e. The molecule has 12 nitrogen and oxygen atoms in total. The van der Waals surface area contributed by atoms with Crippen molar-refractivity contribution in [2.75, 3.05) is 25.6 Å². The first-order valence-corrected chi connectivity index (χ1v) is 15.9. The number of ether oxygens (including phenoxy) is 3. The number of amides is 2. The van der Waals surface area contributed by atoms with Gasteiger partial charge in [-0.1, -0.05) is 36.0 Å². The van der Waals surface area contributed by atoms with Crippen molar-refractivity contribution in [1.82, 2.24) is 20.1 Å². The number of halogens is 1. The van der Waals surface area contributed by atoms with Gasteiger partial charge in [0.05, 0.1) is 48.9 Å². The van der Waals surface area contributed by atoms with Crippen molar-refractivity contribution in [3.05, 3.63) is 81.7 Å². The third-order valence-corrected chi connectivity index (χ3v) is 8.76. The van der Waals surface area contributed by atoms with Gasteiger partial charge in [-0.15, -0.1) is 21.5 Å². The summed E-state index contributed by atoms with van der Waals surface area (Å²) in [6, 6.07) is 12.7. The first-order chi connectivity index (χ1) is 22.1. The molecule has 46 heavy (non-hydrogen) atoms. The maximum atomic E-state index is 14.2. The highest BCUT2D eigenvalue weighted by molar-refractivity contribution is 8.00. The Hall–Kier alpha value is -4.76. The molecular weight excluding hydrogens is 638 g/mol. The number of nitrogens with zero attached hydrogens (tertiary/aromatic N) is 3. The number of methoxy groups -OCH3 is 1. The number of carbonyl (C=O) groups is 4. The predicted molar refractivity (Wildman–Crippen MR) is 170 cm³/mol. The number of hydrogen-bond donors (Lipinski definition) is 2. The third kappa shape index (κ3) is 7.54. The van der Waals surface area contributed by atoms with Crippen LogP contribution in [-0.2, 0) is 20.8 Å². The molecule has 2 N–H and O–H groups in total. The lowest BCUT2D eigenvalue weighted by Crippen LogP contribution is -2.26. The number of benzene rings is 2. The van der Waals surface area contributed by atoms with E-state index >= 15 is 0 Å². The zero-order valence-electron chi connectivity index (χ0n) is 25.7. The molecular formula is C31H32FN5O7S2. The van der Waals surface area contributed by atoms with Crippen LogP contribution in [0.1, 0.15) is 62.5 Å². The molecule has 0 saturated heterocycles. The van der Waals surface area contributed by atoms with Gasteiger partial charge in [-0.05, 0) is 57.5 Å². The smallest absolute Gasteiger partial charge is 0.348 e. The van der Waals surface area contributed by atoms with E-state index < -0.39 is 34.8 Å². The molecule has 4 rings (SSSR count). The second-order valence-electron chi connectivity index (χ2n) is 9.52. The fourth-order valence-electron chi connectivity index (χ4n) is 4.31. The minimum Gasteiger partial charge on any atom is -0.495 e. The van der Waals surface area contributed by atoms with Crippen molar-refractivity contribution in [1.29, 1.82) is 0 Å². The van der Waals surface area contributed by atoms with Gasteiger partial charge in [-0.3, -0.25) is 14.2 Å². The average molecular weight is 670 g/mol. The van der Waals surface area contributed by atoms with E-state index in [-0.39, 0.29) is 40.8 Å². The van der Waals surface area contributed by atoms with Crippen LogP contribution in [0, 0.1) is 12.7 Å². The van der Waals surface area contributed by atoms with Gasteiger partial charge in [-0.25, -0.2) is 14.0 Å². The van der Waals surface area contributed by atoms with Crippen molar-refractivity contribution in [2.24, 2.45) is 0 Å². The van der Waals surface area contributed by atoms with Gasteiger partial charge in [-0.2, -0.15) is 0 Å². The average Bonchev–Trinajstić information content (AvgIpc) is 3.59. The van der Waals surface area contributed by atoms with Gasteiger partial charge >= 0.3 is 11.9 Å². The molecule has 2 aromatic carbocycles. The summed E-state index contributed by atoms with van der Waals surface area (Å²) < 4.78 is 31.7. The molecule has 2 aromatic heterocycles. The van der Waals surface area contributed by atoms with Gasteiger partial charge in [0.25, 0.3) is 5.91 Å². The first kappa shape index (κ1) is 34.1. The molecule has 0 spiro atoms. The normalized spacial score (nSPS) is 11.4. The van der Waals surface area contributed by atoms with Crippen LogP contribution >= 0.6 is 23.1 Å². The summed E-state index contributed by atoms with van der Waals surface area (Å²) in [6.45, 7) is 6.67. The third-order valence-electron chi connectivity index (χ3n) is 6.53. The number of carbonyl (C=O) groups excluding carboxylic acids is 4. The van der Waals surface area contributed by atoms with Gasteiger partial charge < -0.3 is 24.8 Å². The summed E-state index contributed by atoms with van der Waals surface area (Å²) in [4.78, 5) is 51.7. The molecule has 242 valence electrons. The van der Waals surface area contributed by atoms with E-state index in [9.17, 15) is 23.6 Å². The Morgan fingerprint density at radius 2 is 1.67 bits per heavy atom. The van der Waals surface area contributed by atoms with Crippen LogP contribution in [0.15, 0.2) is 53.7 Å². The van der Waals surface area contributed by atoms with E-state index in [0.29, 0.717) is 28.0 Å². The van der Waals surface area contributed by atoms with E-state index in [4.69, 9.17) is 14.2 Å². The molecule has 0 bridgehead atoms. The van der Waals surface area contributed by atoms with E-state index in [1.807, 2.05) is 0 Å². The topological polar surface area (TPSA) is 151 Å². The number of anilines is 1. The summed E-state index contributed by atoms with van der Waals surface area (Å²) in [5.74, 6) is -2.32. The zero-order chi connectivity index (χ0) is 33.4. The summed E-state index contributed by atoms with van der Waals surface area (Å²) in [6.07, 6.45) is 0. The molecule has 0 radical (unpaired) electrons. The number of nitrogens with one attached hydrogen (secondary N) is 2. The Bertz CT molecular complexity index is 1760. The van der Waals surface area contributed by atoms with Gasteiger partial charge in [0.15, 0.2) is 11.0 Å². The van der Waals surface area contributed by atoms with Crippen LogP contribution in [0.25, 0.3) is 5.69 Å². The lowest BCUT2D eigenvalue weighted by Gasteiger charge is -2.16. The maximum absolute atomic E-state index is 14.2. The Kier molecular flexibility index (Phi) is 11.5. The summed E-state index contributed by atoms with van der Waals surface area (Å²) in [7, 11) is 1.50. The highest BCUT2D eigenvalue weighted by Gasteiger charge is 2.29. The number of thioether (sulfide) groups is 1. The lowest BCUT2D eigenvalue weighted by molar-refractivity contribution is -0.115. The monoisotopic (exact) mass is 669 g/mol. The molecule has 4 aromatic rings. The fourth-order valence-corrected chi connectivity index (χ4v) is 6.29. The molecule has 2 amide bonds. The Labute approximate surface area is 272 Å². The maximum Gasteiger partial charge on any atom is 0.348 e. The number of hydrogen-bond acceptors (Lipinski definition) is 11. The number of para-hydroxylation sites is 2.